The van der Waals surface area contributed by atoms with Crippen LogP contribution < -0.4 is 4.74 Å². The molecule has 0 saturated heterocycles. The molecule has 0 bridgehead atoms. The van der Waals surface area contributed by atoms with E-state index in [9.17, 15) is 19.7 Å². The van der Waals surface area contributed by atoms with E-state index in [-0.39, 0.29) is 23.5 Å². The number of carbonyl (C=O) groups is 2. The van der Waals surface area contributed by atoms with Gasteiger partial charge in [0.05, 0.1) is 17.2 Å². The fraction of sp³-hybridized carbons (Fsp3) is 0.222. The van der Waals surface area contributed by atoms with Crippen molar-refractivity contribution in [2.75, 3.05) is 26.9 Å². The highest BCUT2D eigenvalue weighted by Crippen LogP contribution is 2.30. The number of carbonyl (C=O) groups excluding carboxylic acids is 2. The van der Waals surface area contributed by atoms with Crippen molar-refractivity contribution in [2.24, 2.45) is 0 Å². The van der Waals surface area contributed by atoms with Crippen LogP contribution in [-0.2, 0) is 0 Å². The van der Waals surface area contributed by atoms with E-state index in [1.54, 1.807) is 36.2 Å². The van der Waals surface area contributed by atoms with E-state index < -0.39 is 16.7 Å². The maximum Gasteiger partial charge on any atom is 0.282 e. The van der Waals surface area contributed by atoms with Crippen LogP contribution in [0, 0.1) is 10.1 Å². The van der Waals surface area contributed by atoms with Crippen molar-refractivity contribution in [1.29, 1.82) is 0 Å². The Labute approximate surface area is 160 Å². The van der Waals surface area contributed by atoms with Crippen molar-refractivity contribution in [3.63, 3.8) is 0 Å². The Balaban J connectivity index is 1.61. The van der Waals surface area contributed by atoms with Gasteiger partial charge in [0.1, 0.15) is 17.9 Å². The molecular weight excluding hydrogens is 374 g/mol. The number of fused-ring (bicyclic) bond motifs is 1. The van der Waals surface area contributed by atoms with E-state index in [2.05, 4.69) is 0 Å². The third-order valence-electron chi connectivity index (χ3n) is 4.11. The molecule has 2 aromatic rings. The van der Waals surface area contributed by atoms with Crippen LogP contribution in [-0.4, -0.2) is 53.4 Å². The van der Waals surface area contributed by atoms with E-state index in [0.29, 0.717) is 23.9 Å². The van der Waals surface area contributed by atoms with Crippen LogP contribution >= 0.6 is 11.6 Å². The lowest BCUT2D eigenvalue weighted by Crippen LogP contribution is -2.40. The number of nitro groups is 1. The minimum absolute atomic E-state index is 0.00742. The smallest absolute Gasteiger partial charge is 0.282 e. The lowest BCUT2D eigenvalue weighted by atomic mass is 10.1. The number of rotatable bonds is 7. The van der Waals surface area contributed by atoms with Gasteiger partial charge in [-0.2, -0.15) is 0 Å². The number of nitro benzene ring substituents is 1. The first-order valence-electron chi connectivity index (χ1n) is 8.09. The third-order valence-corrected chi connectivity index (χ3v) is 4.36. The standard InChI is InChI=1S/C18H16ClN3O5/c1-20(9-10-27-13-7-5-12(19)6-8-13)11-21-17(23)14-3-2-4-15(22(25)26)16(14)18(21)24/h2-8H,9-11H2,1H3. The predicted molar refractivity (Wildman–Crippen MR) is 98.0 cm³/mol. The monoisotopic (exact) mass is 389 g/mol. The lowest BCUT2D eigenvalue weighted by Gasteiger charge is -2.22. The maximum atomic E-state index is 12.5. The van der Waals surface area contributed by atoms with Crippen LogP contribution in [0.1, 0.15) is 20.7 Å². The Morgan fingerprint density at radius 3 is 2.52 bits per heavy atom. The molecule has 1 aliphatic rings. The number of hydrogen-bond donors (Lipinski definition) is 0. The highest BCUT2D eigenvalue weighted by Gasteiger charge is 2.41. The summed E-state index contributed by atoms with van der Waals surface area (Å²) in [5.41, 5.74) is -0.458. The average molecular weight is 390 g/mol. The van der Waals surface area contributed by atoms with Gasteiger partial charge in [-0.15, -0.1) is 0 Å². The zero-order valence-corrected chi connectivity index (χ0v) is 15.2. The molecule has 3 rings (SSSR count). The number of benzene rings is 2. The molecule has 27 heavy (non-hydrogen) atoms. The summed E-state index contributed by atoms with van der Waals surface area (Å²) >= 11 is 5.81. The van der Waals surface area contributed by atoms with Crippen LogP contribution in [0.25, 0.3) is 0 Å². The minimum Gasteiger partial charge on any atom is -0.492 e. The summed E-state index contributed by atoms with van der Waals surface area (Å²) in [6.45, 7) is 0.785. The Morgan fingerprint density at radius 2 is 1.85 bits per heavy atom. The molecule has 0 aliphatic carbocycles. The first kappa shape index (κ1) is 18.8. The largest absolute Gasteiger partial charge is 0.492 e. The Hall–Kier alpha value is -2.97. The quantitative estimate of drug-likeness (QED) is 0.410. The first-order valence-corrected chi connectivity index (χ1v) is 8.47. The third kappa shape index (κ3) is 3.91. The second kappa shape index (κ2) is 7.73. The van der Waals surface area contributed by atoms with Gasteiger partial charge in [0.15, 0.2) is 0 Å². The summed E-state index contributed by atoms with van der Waals surface area (Å²) in [5, 5.41) is 11.7. The summed E-state index contributed by atoms with van der Waals surface area (Å²) in [4.78, 5) is 38.2. The van der Waals surface area contributed by atoms with E-state index in [1.807, 2.05) is 0 Å². The van der Waals surface area contributed by atoms with Crippen molar-refractivity contribution < 1.29 is 19.2 Å². The molecule has 1 aliphatic heterocycles. The number of nitrogens with zero attached hydrogens (tertiary/aromatic N) is 3. The summed E-state index contributed by atoms with van der Waals surface area (Å²) < 4.78 is 5.58. The molecule has 0 spiro atoms. The maximum absolute atomic E-state index is 12.5. The molecule has 9 heteroatoms. The molecule has 0 N–H and O–H groups in total. The number of halogens is 1. The molecule has 1 heterocycles. The number of ether oxygens (including phenoxy) is 1. The van der Waals surface area contributed by atoms with Crippen molar-refractivity contribution in [3.05, 3.63) is 68.7 Å². The van der Waals surface area contributed by atoms with Crippen molar-refractivity contribution in [3.8, 4) is 5.75 Å². The van der Waals surface area contributed by atoms with Gasteiger partial charge in [-0.25, -0.2) is 0 Å². The van der Waals surface area contributed by atoms with Crippen molar-refractivity contribution in [2.45, 2.75) is 0 Å². The van der Waals surface area contributed by atoms with E-state index in [1.165, 1.54) is 18.2 Å². The van der Waals surface area contributed by atoms with Gasteiger partial charge >= 0.3 is 0 Å². The molecule has 140 valence electrons. The summed E-state index contributed by atoms with van der Waals surface area (Å²) in [5.74, 6) is -0.541. The van der Waals surface area contributed by atoms with Gasteiger partial charge in [0.25, 0.3) is 17.5 Å². The highest BCUT2D eigenvalue weighted by atomic mass is 35.5. The molecular formula is C18H16ClN3O5. The Kier molecular flexibility index (Phi) is 5.38. The zero-order chi connectivity index (χ0) is 19.6. The van der Waals surface area contributed by atoms with Crippen LogP contribution in [0.2, 0.25) is 5.02 Å². The zero-order valence-electron chi connectivity index (χ0n) is 14.4. The van der Waals surface area contributed by atoms with Gasteiger partial charge in [-0.3, -0.25) is 29.5 Å². The molecule has 2 amide bonds. The lowest BCUT2D eigenvalue weighted by molar-refractivity contribution is -0.385. The van der Waals surface area contributed by atoms with Crippen LogP contribution in [0.15, 0.2) is 42.5 Å². The number of likely N-dealkylation sites (N-methyl/N-ethyl adjacent to an activating group) is 1. The predicted octanol–water partition coefficient (Wildman–Crippen LogP) is 2.81. The van der Waals surface area contributed by atoms with E-state index in [4.69, 9.17) is 16.3 Å². The van der Waals surface area contributed by atoms with Crippen LogP contribution in [0.3, 0.4) is 0 Å². The molecule has 0 radical (unpaired) electrons. The summed E-state index contributed by atoms with van der Waals surface area (Å²) in [7, 11) is 1.73. The van der Waals surface area contributed by atoms with Crippen molar-refractivity contribution in [1.82, 2.24) is 9.80 Å². The number of imide groups is 1. The molecule has 8 nitrogen and oxygen atoms in total. The Morgan fingerprint density at radius 1 is 1.15 bits per heavy atom. The second-order valence-electron chi connectivity index (χ2n) is 6.02. The van der Waals surface area contributed by atoms with Crippen LogP contribution in [0.5, 0.6) is 5.75 Å². The second-order valence-corrected chi connectivity index (χ2v) is 6.46. The molecule has 0 aromatic heterocycles. The molecule has 0 atom stereocenters. The molecule has 0 unspecified atom stereocenters. The normalized spacial score (nSPS) is 13.2. The summed E-state index contributed by atoms with van der Waals surface area (Å²) in [6, 6.07) is 11.0. The molecule has 0 fully saturated rings. The SMILES string of the molecule is CN(CCOc1ccc(Cl)cc1)CN1C(=O)c2cccc([N+](=O)[O-])c2C1=O. The highest BCUT2D eigenvalue weighted by molar-refractivity contribution is 6.30. The van der Waals surface area contributed by atoms with Gasteiger partial charge in [-0.05, 0) is 37.4 Å². The minimum atomic E-state index is -0.659. The number of amides is 2. The van der Waals surface area contributed by atoms with Gasteiger partial charge in [0, 0.05) is 17.6 Å². The van der Waals surface area contributed by atoms with Crippen LogP contribution in [0.4, 0.5) is 5.69 Å². The van der Waals surface area contributed by atoms with Crippen molar-refractivity contribution >= 4 is 29.1 Å². The van der Waals surface area contributed by atoms with Gasteiger partial charge < -0.3 is 4.74 Å². The topological polar surface area (TPSA) is 93.0 Å². The Bertz CT molecular complexity index is 900. The van der Waals surface area contributed by atoms with Gasteiger partial charge in [-0.1, -0.05) is 17.7 Å². The van der Waals surface area contributed by atoms with E-state index in [0.717, 1.165) is 4.90 Å². The van der Waals surface area contributed by atoms with E-state index >= 15 is 0 Å². The average Bonchev–Trinajstić information content (AvgIpc) is 2.88. The fourth-order valence-electron chi connectivity index (χ4n) is 2.76. The summed E-state index contributed by atoms with van der Waals surface area (Å²) in [6.07, 6.45) is 0. The number of hydrogen-bond acceptors (Lipinski definition) is 6. The molecule has 0 saturated carbocycles. The molecule has 2 aromatic carbocycles. The van der Waals surface area contributed by atoms with Gasteiger partial charge in [0.2, 0.25) is 0 Å². The first-order chi connectivity index (χ1) is 12.9. The fourth-order valence-corrected chi connectivity index (χ4v) is 2.88.